The molecule has 1 amide bonds. The van der Waals surface area contributed by atoms with Crippen molar-refractivity contribution >= 4 is 22.5 Å². The Morgan fingerprint density at radius 1 is 1.16 bits per heavy atom. The van der Waals surface area contributed by atoms with Crippen LogP contribution in [0.5, 0.6) is 5.75 Å². The molecular formula is C27H33N7O3. The van der Waals surface area contributed by atoms with E-state index in [0.29, 0.717) is 46.6 Å². The summed E-state index contributed by atoms with van der Waals surface area (Å²) in [5.74, 6) is 0.753. The Morgan fingerprint density at radius 3 is 2.62 bits per heavy atom. The number of imidazole rings is 1. The van der Waals surface area contributed by atoms with Crippen LogP contribution >= 0.6 is 0 Å². The third-order valence-corrected chi connectivity index (χ3v) is 6.33. The van der Waals surface area contributed by atoms with Gasteiger partial charge in [0.15, 0.2) is 0 Å². The molecule has 0 bridgehead atoms. The number of hydrogen-bond acceptors (Lipinski definition) is 7. The number of carbonyl (C=O) groups is 1. The maximum atomic E-state index is 13.6. The highest BCUT2D eigenvalue weighted by atomic mass is 16.3. The fraction of sp³-hybridized carbons (Fsp3) is 0.333. The summed E-state index contributed by atoms with van der Waals surface area (Å²) in [5.41, 5.74) is 2.98. The number of pyridine rings is 2. The molecule has 10 nitrogen and oxygen atoms in total. The molecule has 0 saturated heterocycles. The number of fused-ring (bicyclic) bond motifs is 1. The number of aromatic nitrogens is 4. The van der Waals surface area contributed by atoms with Gasteiger partial charge in [0.05, 0.1) is 40.9 Å². The average molecular weight is 504 g/mol. The largest absolute Gasteiger partial charge is 0.508 e. The van der Waals surface area contributed by atoms with E-state index in [-0.39, 0.29) is 17.2 Å². The SMILES string of the molecule is CCc1ncc(CN(C)C(=O)c2cc(-c3ccc(NCCN(C)C)c(=O)[nH]3)nc3ccc(O)cc23)n1C. The first kappa shape index (κ1) is 25.9. The molecule has 10 heteroatoms. The lowest BCUT2D eigenvalue weighted by Crippen LogP contribution is -2.27. The quantitative estimate of drug-likeness (QED) is 0.321. The number of rotatable bonds is 9. The Balaban J connectivity index is 1.69. The molecule has 4 rings (SSSR count). The third kappa shape index (κ3) is 5.64. The van der Waals surface area contributed by atoms with E-state index in [0.717, 1.165) is 24.5 Å². The van der Waals surface area contributed by atoms with Crippen LogP contribution in [0, 0.1) is 0 Å². The highest BCUT2D eigenvalue weighted by Gasteiger charge is 2.20. The molecule has 3 aromatic heterocycles. The lowest BCUT2D eigenvalue weighted by atomic mass is 10.0. The zero-order chi connectivity index (χ0) is 26.7. The van der Waals surface area contributed by atoms with Crippen molar-refractivity contribution in [2.45, 2.75) is 19.9 Å². The highest BCUT2D eigenvalue weighted by Crippen LogP contribution is 2.28. The Hall–Kier alpha value is -4.18. The van der Waals surface area contributed by atoms with Crippen molar-refractivity contribution in [3.05, 3.63) is 70.0 Å². The van der Waals surface area contributed by atoms with Crippen molar-refractivity contribution in [3.8, 4) is 17.1 Å². The second-order valence-electron chi connectivity index (χ2n) is 9.34. The van der Waals surface area contributed by atoms with E-state index in [4.69, 9.17) is 0 Å². The van der Waals surface area contributed by atoms with Gasteiger partial charge in [0, 0.05) is 39.0 Å². The van der Waals surface area contributed by atoms with Gasteiger partial charge in [-0.2, -0.15) is 0 Å². The summed E-state index contributed by atoms with van der Waals surface area (Å²) >= 11 is 0. The highest BCUT2D eigenvalue weighted by molar-refractivity contribution is 6.07. The van der Waals surface area contributed by atoms with Gasteiger partial charge < -0.3 is 29.8 Å². The number of hydrogen-bond donors (Lipinski definition) is 3. The van der Waals surface area contributed by atoms with Crippen LogP contribution in [0.1, 0.15) is 28.8 Å². The summed E-state index contributed by atoms with van der Waals surface area (Å²) in [6.07, 6.45) is 2.58. The number of anilines is 1. The summed E-state index contributed by atoms with van der Waals surface area (Å²) in [5, 5.41) is 13.8. The van der Waals surface area contributed by atoms with Crippen molar-refractivity contribution in [1.29, 1.82) is 0 Å². The number of aromatic hydroxyl groups is 1. The molecule has 0 atom stereocenters. The number of phenolic OH excluding ortho intramolecular Hbond substituents is 1. The number of carbonyl (C=O) groups excluding carboxylic acids is 1. The summed E-state index contributed by atoms with van der Waals surface area (Å²) in [4.78, 5) is 41.9. The molecule has 0 saturated carbocycles. The molecule has 194 valence electrons. The number of aryl methyl sites for hydroxylation is 1. The average Bonchev–Trinajstić information content (AvgIpc) is 3.22. The minimum atomic E-state index is -0.267. The van der Waals surface area contributed by atoms with E-state index in [2.05, 4.69) is 20.3 Å². The molecule has 0 aliphatic heterocycles. The van der Waals surface area contributed by atoms with Crippen molar-refractivity contribution in [2.75, 3.05) is 39.5 Å². The Kier molecular flexibility index (Phi) is 7.58. The van der Waals surface area contributed by atoms with E-state index < -0.39 is 0 Å². The minimum absolute atomic E-state index is 0.0412. The van der Waals surface area contributed by atoms with Crippen LogP contribution < -0.4 is 10.9 Å². The standard InChI is InChI=1S/C27H33N7O3/c1-6-25-29-15-17(34(25)5)16-33(4)27(37)20-14-24(30-21-8-7-18(35)13-19(20)21)22-9-10-23(26(36)31-22)28-11-12-32(2)3/h7-10,13-15,28,35H,6,11-12,16H2,1-5H3,(H,31,36). The maximum Gasteiger partial charge on any atom is 0.271 e. The first-order valence-electron chi connectivity index (χ1n) is 12.2. The second kappa shape index (κ2) is 10.8. The number of aromatic amines is 1. The topological polar surface area (TPSA) is 119 Å². The Morgan fingerprint density at radius 2 is 1.95 bits per heavy atom. The Labute approximate surface area is 215 Å². The molecule has 3 N–H and O–H groups in total. The van der Waals surface area contributed by atoms with Gasteiger partial charge >= 0.3 is 0 Å². The molecule has 0 fully saturated rings. The van der Waals surface area contributed by atoms with Gasteiger partial charge in [-0.1, -0.05) is 6.92 Å². The van der Waals surface area contributed by atoms with Crippen molar-refractivity contribution in [2.24, 2.45) is 7.05 Å². The van der Waals surface area contributed by atoms with E-state index in [9.17, 15) is 14.7 Å². The zero-order valence-electron chi connectivity index (χ0n) is 21.9. The van der Waals surface area contributed by atoms with Crippen LogP contribution in [0.25, 0.3) is 22.3 Å². The normalized spacial score (nSPS) is 11.3. The van der Waals surface area contributed by atoms with Crippen molar-refractivity contribution in [1.82, 2.24) is 29.3 Å². The molecule has 0 spiro atoms. The van der Waals surface area contributed by atoms with Crippen LogP contribution in [-0.4, -0.2) is 74.6 Å². The van der Waals surface area contributed by atoms with Gasteiger partial charge in [-0.3, -0.25) is 9.59 Å². The van der Waals surface area contributed by atoms with Crippen LogP contribution in [0.4, 0.5) is 5.69 Å². The molecule has 0 aliphatic carbocycles. The lowest BCUT2D eigenvalue weighted by molar-refractivity contribution is 0.0784. The van der Waals surface area contributed by atoms with Crippen LogP contribution in [0.3, 0.4) is 0 Å². The van der Waals surface area contributed by atoms with Crippen molar-refractivity contribution < 1.29 is 9.90 Å². The molecular weight excluding hydrogens is 470 g/mol. The van der Waals surface area contributed by atoms with Gasteiger partial charge in [-0.05, 0) is 50.5 Å². The molecule has 37 heavy (non-hydrogen) atoms. The van der Waals surface area contributed by atoms with E-state index in [1.165, 1.54) is 12.1 Å². The van der Waals surface area contributed by atoms with Gasteiger partial charge in [0.1, 0.15) is 17.3 Å². The predicted octanol–water partition coefficient (Wildman–Crippen LogP) is 2.84. The summed E-state index contributed by atoms with van der Waals surface area (Å²) < 4.78 is 1.99. The van der Waals surface area contributed by atoms with Crippen LogP contribution in [0.15, 0.2) is 47.4 Å². The van der Waals surface area contributed by atoms with E-state index in [1.807, 2.05) is 37.5 Å². The smallest absolute Gasteiger partial charge is 0.271 e. The molecule has 1 aromatic carbocycles. The van der Waals surface area contributed by atoms with Crippen molar-refractivity contribution in [3.63, 3.8) is 0 Å². The van der Waals surface area contributed by atoms with Crippen LogP contribution in [-0.2, 0) is 20.0 Å². The predicted molar refractivity (Wildman–Crippen MR) is 145 cm³/mol. The number of nitrogens with one attached hydrogen (secondary N) is 2. The third-order valence-electron chi connectivity index (χ3n) is 6.33. The number of benzene rings is 1. The molecule has 4 aromatic rings. The first-order valence-corrected chi connectivity index (χ1v) is 12.2. The molecule has 3 heterocycles. The summed E-state index contributed by atoms with van der Waals surface area (Å²) in [6, 6.07) is 9.87. The molecule has 0 radical (unpaired) electrons. The second-order valence-corrected chi connectivity index (χ2v) is 9.34. The number of likely N-dealkylation sites (N-methyl/N-ethyl adjacent to an activating group) is 1. The number of nitrogens with zero attached hydrogens (tertiary/aromatic N) is 5. The maximum absolute atomic E-state index is 13.6. The van der Waals surface area contributed by atoms with Crippen LogP contribution in [0.2, 0.25) is 0 Å². The van der Waals surface area contributed by atoms with Gasteiger partial charge in [-0.25, -0.2) is 9.97 Å². The number of amides is 1. The lowest BCUT2D eigenvalue weighted by Gasteiger charge is -2.19. The number of phenols is 1. The first-order chi connectivity index (χ1) is 17.7. The summed E-state index contributed by atoms with van der Waals surface area (Å²) in [6.45, 7) is 3.83. The molecule has 0 unspecified atom stereocenters. The van der Waals surface area contributed by atoms with Gasteiger partial charge in [-0.15, -0.1) is 0 Å². The zero-order valence-corrected chi connectivity index (χ0v) is 21.9. The fourth-order valence-corrected chi connectivity index (χ4v) is 4.19. The fourth-order valence-electron chi connectivity index (χ4n) is 4.19. The van der Waals surface area contributed by atoms with Gasteiger partial charge in [0.2, 0.25) is 0 Å². The molecule has 0 aliphatic rings. The van der Waals surface area contributed by atoms with Gasteiger partial charge in [0.25, 0.3) is 11.5 Å². The Bertz CT molecular complexity index is 1490. The van der Waals surface area contributed by atoms with E-state index >= 15 is 0 Å². The summed E-state index contributed by atoms with van der Waals surface area (Å²) in [7, 11) is 7.60. The number of H-pyrrole nitrogens is 1. The minimum Gasteiger partial charge on any atom is -0.508 e. The van der Waals surface area contributed by atoms with E-state index in [1.54, 1.807) is 42.4 Å². The monoisotopic (exact) mass is 503 g/mol.